The summed E-state index contributed by atoms with van der Waals surface area (Å²) in [5.74, 6) is 0.980. The molecule has 2 heteroatoms. The van der Waals surface area contributed by atoms with Crippen molar-refractivity contribution >= 4 is 0 Å². The maximum absolute atomic E-state index is 3.71. The second kappa shape index (κ2) is 6.02. The van der Waals surface area contributed by atoms with E-state index in [0.29, 0.717) is 0 Å². The number of rotatable bonds is 6. The van der Waals surface area contributed by atoms with Crippen molar-refractivity contribution in [3.63, 3.8) is 0 Å². The van der Waals surface area contributed by atoms with Gasteiger partial charge in [0, 0.05) is 18.6 Å². The maximum Gasteiger partial charge on any atom is 0.0197 e. The average molecular weight is 224 g/mol. The van der Waals surface area contributed by atoms with Crippen LogP contribution in [0, 0.1) is 5.92 Å². The smallest absolute Gasteiger partial charge is 0.0197 e. The van der Waals surface area contributed by atoms with Gasteiger partial charge in [-0.1, -0.05) is 20.3 Å². The molecule has 0 bridgehead atoms. The molecule has 1 heterocycles. The lowest BCUT2D eigenvalue weighted by Crippen LogP contribution is -2.46. The lowest BCUT2D eigenvalue weighted by atomic mass is 9.90. The van der Waals surface area contributed by atoms with E-state index >= 15 is 0 Å². The Bertz CT molecular complexity index is 201. The van der Waals surface area contributed by atoms with Gasteiger partial charge in [0.2, 0.25) is 0 Å². The summed E-state index contributed by atoms with van der Waals surface area (Å²) in [4.78, 5) is 2.73. The number of hydrogen-bond donors (Lipinski definition) is 1. The van der Waals surface area contributed by atoms with Gasteiger partial charge in [-0.3, -0.25) is 4.90 Å². The SMILES string of the molecule is CCCN(CC1CC(CC)CCN1)C1CC1. The summed E-state index contributed by atoms with van der Waals surface area (Å²) in [5.41, 5.74) is 0. The second-order valence-electron chi connectivity index (χ2n) is 5.68. The minimum Gasteiger partial charge on any atom is -0.313 e. The molecule has 2 fully saturated rings. The first kappa shape index (κ1) is 12.4. The molecule has 2 unspecified atom stereocenters. The highest BCUT2D eigenvalue weighted by atomic mass is 15.2. The molecule has 0 aromatic rings. The van der Waals surface area contributed by atoms with Crippen molar-refractivity contribution in [1.82, 2.24) is 10.2 Å². The molecule has 2 rings (SSSR count). The molecule has 2 nitrogen and oxygen atoms in total. The Hall–Kier alpha value is -0.0800. The molecule has 2 aliphatic rings. The van der Waals surface area contributed by atoms with Crippen molar-refractivity contribution in [1.29, 1.82) is 0 Å². The third-order valence-corrected chi connectivity index (χ3v) is 4.21. The second-order valence-corrected chi connectivity index (χ2v) is 5.68. The number of piperidine rings is 1. The third kappa shape index (κ3) is 3.46. The zero-order chi connectivity index (χ0) is 11.4. The van der Waals surface area contributed by atoms with Gasteiger partial charge in [-0.25, -0.2) is 0 Å². The van der Waals surface area contributed by atoms with E-state index in [9.17, 15) is 0 Å². The first-order valence-corrected chi connectivity index (χ1v) is 7.30. The quantitative estimate of drug-likeness (QED) is 0.746. The number of nitrogens with zero attached hydrogens (tertiary/aromatic N) is 1. The molecule has 2 atom stereocenters. The molecule has 0 aromatic heterocycles. The van der Waals surface area contributed by atoms with Crippen LogP contribution in [0.4, 0.5) is 0 Å². The molecule has 0 aromatic carbocycles. The van der Waals surface area contributed by atoms with E-state index in [1.165, 1.54) is 58.2 Å². The largest absolute Gasteiger partial charge is 0.313 e. The van der Waals surface area contributed by atoms with E-state index in [1.54, 1.807) is 0 Å². The first-order valence-electron chi connectivity index (χ1n) is 7.30. The lowest BCUT2D eigenvalue weighted by Gasteiger charge is -2.34. The van der Waals surface area contributed by atoms with Gasteiger partial charge in [-0.15, -0.1) is 0 Å². The normalized spacial score (nSPS) is 30.9. The molecule has 1 aliphatic heterocycles. The molecule has 1 saturated heterocycles. The van der Waals surface area contributed by atoms with Gasteiger partial charge in [-0.05, 0) is 51.1 Å². The van der Waals surface area contributed by atoms with Crippen LogP contribution >= 0.6 is 0 Å². The molecule has 1 aliphatic carbocycles. The fourth-order valence-corrected chi connectivity index (χ4v) is 3.04. The Balaban J connectivity index is 1.77. The van der Waals surface area contributed by atoms with E-state index in [0.717, 1.165) is 18.0 Å². The molecular weight excluding hydrogens is 196 g/mol. The number of hydrogen-bond acceptors (Lipinski definition) is 2. The first-order chi connectivity index (χ1) is 7.83. The van der Waals surface area contributed by atoms with Crippen molar-refractivity contribution in [2.45, 2.75) is 64.5 Å². The summed E-state index contributed by atoms with van der Waals surface area (Å²) in [6.45, 7) is 8.50. The monoisotopic (exact) mass is 224 g/mol. The fourth-order valence-electron chi connectivity index (χ4n) is 3.04. The molecule has 94 valence electrons. The summed E-state index contributed by atoms with van der Waals surface area (Å²) in [6, 6.07) is 1.70. The van der Waals surface area contributed by atoms with Crippen LogP contribution in [0.3, 0.4) is 0 Å². The Kier molecular flexibility index (Phi) is 4.66. The minimum atomic E-state index is 0.769. The Morgan fingerprint density at radius 1 is 1.19 bits per heavy atom. The van der Waals surface area contributed by atoms with Crippen LogP contribution < -0.4 is 5.32 Å². The van der Waals surface area contributed by atoms with Crippen molar-refractivity contribution in [3.8, 4) is 0 Å². The van der Waals surface area contributed by atoms with Crippen LogP contribution in [0.2, 0.25) is 0 Å². The van der Waals surface area contributed by atoms with Crippen molar-refractivity contribution in [2.24, 2.45) is 5.92 Å². The van der Waals surface area contributed by atoms with Gasteiger partial charge in [0.1, 0.15) is 0 Å². The summed E-state index contributed by atoms with van der Waals surface area (Å²) in [5, 5.41) is 3.71. The third-order valence-electron chi connectivity index (χ3n) is 4.21. The summed E-state index contributed by atoms with van der Waals surface area (Å²) < 4.78 is 0. The highest BCUT2D eigenvalue weighted by Crippen LogP contribution is 2.28. The van der Waals surface area contributed by atoms with E-state index < -0.39 is 0 Å². The zero-order valence-corrected chi connectivity index (χ0v) is 11.0. The maximum atomic E-state index is 3.71. The predicted octanol–water partition coefficient (Wildman–Crippen LogP) is 2.64. The Morgan fingerprint density at radius 3 is 2.62 bits per heavy atom. The molecular formula is C14H28N2. The van der Waals surface area contributed by atoms with E-state index in [4.69, 9.17) is 0 Å². The standard InChI is InChI=1S/C14H28N2/c1-3-9-16(14-5-6-14)11-13-10-12(4-2)7-8-15-13/h12-15H,3-11H2,1-2H3. The van der Waals surface area contributed by atoms with E-state index in [2.05, 4.69) is 24.1 Å². The fraction of sp³-hybridized carbons (Fsp3) is 1.00. The highest BCUT2D eigenvalue weighted by Gasteiger charge is 2.31. The van der Waals surface area contributed by atoms with E-state index in [1.807, 2.05) is 0 Å². The Morgan fingerprint density at radius 2 is 2.00 bits per heavy atom. The average Bonchev–Trinajstić information content (AvgIpc) is 3.13. The zero-order valence-electron chi connectivity index (χ0n) is 11.0. The van der Waals surface area contributed by atoms with Gasteiger partial charge < -0.3 is 5.32 Å². The Labute approximate surface area is 101 Å². The summed E-state index contributed by atoms with van der Waals surface area (Å²) >= 11 is 0. The molecule has 1 N–H and O–H groups in total. The van der Waals surface area contributed by atoms with Crippen LogP contribution in [0.25, 0.3) is 0 Å². The van der Waals surface area contributed by atoms with Crippen LogP contribution in [0.5, 0.6) is 0 Å². The molecule has 1 saturated carbocycles. The van der Waals surface area contributed by atoms with Gasteiger partial charge in [0.15, 0.2) is 0 Å². The van der Waals surface area contributed by atoms with Gasteiger partial charge in [-0.2, -0.15) is 0 Å². The number of nitrogens with one attached hydrogen (secondary N) is 1. The van der Waals surface area contributed by atoms with Crippen LogP contribution in [0.1, 0.15) is 52.4 Å². The van der Waals surface area contributed by atoms with E-state index in [-0.39, 0.29) is 0 Å². The van der Waals surface area contributed by atoms with Gasteiger partial charge in [0.05, 0.1) is 0 Å². The summed E-state index contributed by atoms with van der Waals surface area (Å²) in [6.07, 6.45) is 8.37. The minimum absolute atomic E-state index is 0.769. The van der Waals surface area contributed by atoms with Crippen molar-refractivity contribution in [3.05, 3.63) is 0 Å². The predicted molar refractivity (Wildman–Crippen MR) is 69.7 cm³/mol. The van der Waals surface area contributed by atoms with Crippen LogP contribution in [-0.4, -0.2) is 36.6 Å². The van der Waals surface area contributed by atoms with Gasteiger partial charge >= 0.3 is 0 Å². The van der Waals surface area contributed by atoms with Crippen LogP contribution in [0.15, 0.2) is 0 Å². The highest BCUT2D eigenvalue weighted by molar-refractivity contribution is 4.88. The molecule has 0 radical (unpaired) electrons. The molecule has 16 heavy (non-hydrogen) atoms. The van der Waals surface area contributed by atoms with Crippen molar-refractivity contribution < 1.29 is 0 Å². The van der Waals surface area contributed by atoms with Gasteiger partial charge in [0.25, 0.3) is 0 Å². The topological polar surface area (TPSA) is 15.3 Å². The van der Waals surface area contributed by atoms with Crippen molar-refractivity contribution in [2.75, 3.05) is 19.6 Å². The molecule has 0 spiro atoms. The van der Waals surface area contributed by atoms with Crippen LogP contribution in [-0.2, 0) is 0 Å². The summed E-state index contributed by atoms with van der Waals surface area (Å²) in [7, 11) is 0. The molecule has 0 amide bonds. The lowest BCUT2D eigenvalue weighted by molar-refractivity contribution is 0.193.